The van der Waals surface area contributed by atoms with Crippen LogP contribution in [0.3, 0.4) is 0 Å². The first-order chi connectivity index (χ1) is 23.5. The second kappa shape index (κ2) is 15.6. The van der Waals surface area contributed by atoms with E-state index in [4.69, 9.17) is 0 Å². The molecule has 3 fully saturated rings. The molecule has 0 aromatic rings. The lowest BCUT2D eigenvalue weighted by atomic mass is 9.54. The second-order valence-corrected chi connectivity index (χ2v) is 16.1. The van der Waals surface area contributed by atoms with E-state index in [1.54, 1.807) is 16.7 Å². The number of hydrogen-bond donors (Lipinski definition) is 0. The van der Waals surface area contributed by atoms with Crippen LogP contribution in [0.15, 0.2) is 144 Å². The van der Waals surface area contributed by atoms with Gasteiger partial charge in [-0.25, -0.2) is 0 Å². The fraction of sp³-hybridized carbons (Fsp3) is 0.500. The third-order valence-electron chi connectivity index (χ3n) is 13.3. The Labute approximate surface area is 293 Å². The Kier molecular flexibility index (Phi) is 10.9. The van der Waals surface area contributed by atoms with Crippen molar-refractivity contribution in [2.45, 2.75) is 90.4 Å². The highest BCUT2D eigenvalue weighted by Crippen LogP contribution is 2.56. The van der Waals surface area contributed by atoms with Crippen molar-refractivity contribution in [3.05, 3.63) is 144 Å². The zero-order valence-corrected chi connectivity index (χ0v) is 29.7. The van der Waals surface area contributed by atoms with E-state index in [-0.39, 0.29) is 0 Å². The molecule has 10 atom stereocenters. The number of allylic oxidation sites excluding steroid dienone is 22. The zero-order valence-electron chi connectivity index (χ0n) is 29.7. The van der Waals surface area contributed by atoms with Crippen molar-refractivity contribution in [2.24, 2.45) is 59.2 Å². The molecule has 3 saturated carbocycles. The minimum atomic E-state index is 0.823. The van der Waals surface area contributed by atoms with Gasteiger partial charge in [0.2, 0.25) is 0 Å². The molecule has 0 nitrogen and oxygen atoms in total. The molecule has 0 N–H and O–H groups in total. The van der Waals surface area contributed by atoms with Gasteiger partial charge in [0.05, 0.1) is 0 Å². The van der Waals surface area contributed by atoms with E-state index in [9.17, 15) is 0 Å². The number of hydrogen-bond acceptors (Lipinski definition) is 0. The fourth-order valence-corrected chi connectivity index (χ4v) is 9.28. The van der Waals surface area contributed by atoms with E-state index in [0.717, 1.165) is 59.2 Å². The van der Waals surface area contributed by atoms with Crippen LogP contribution < -0.4 is 0 Å². The molecule has 252 valence electrons. The number of fused-ring (bicyclic) bond motifs is 6. The van der Waals surface area contributed by atoms with Gasteiger partial charge in [-0.1, -0.05) is 128 Å². The summed E-state index contributed by atoms with van der Waals surface area (Å²) in [5.74, 6) is 8.91. The van der Waals surface area contributed by atoms with E-state index in [0.29, 0.717) is 0 Å². The van der Waals surface area contributed by atoms with Crippen LogP contribution in [0, 0.1) is 59.2 Å². The largest absolute Gasteiger partial charge is 0.0953 e. The second-order valence-electron chi connectivity index (χ2n) is 16.1. The van der Waals surface area contributed by atoms with Crippen molar-refractivity contribution in [1.82, 2.24) is 0 Å². The molecule has 0 bridgehead atoms. The molecule has 0 amide bonds. The van der Waals surface area contributed by atoms with Crippen LogP contribution in [-0.2, 0) is 0 Å². The molecule has 0 heterocycles. The molecule has 12 aliphatic rings. The lowest BCUT2D eigenvalue weighted by molar-refractivity contribution is 0.203. The summed E-state index contributed by atoms with van der Waals surface area (Å²) in [6, 6.07) is 0. The van der Waals surface area contributed by atoms with Gasteiger partial charge in [-0.3, -0.25) is 0 Å². The molecule has 0 saturated heterocycles. The van der Waals surface area contributed by atoms with Crippen molar-refractivity contribution in [3.63, 3.8) is 0 Å². The summed E-state index contributed by atoms with van der Waals surface area (Å²) >= 11 is 0. The normalized spacial score (nSPS) is 38.6. The monoisotopic (exact) mass is 636 g/mol. The summed E-state index contributed by atoms with van der Waals surface area (Å²) in [5, 5.41) is 0. The first-order valence-corrected chi connectivity index (χ1v) is 19.7. The predicted molar refractivity (Wildman–Crippen MR) is 207 cm³/mol. The van der Waals surface area contributed by atoms with Gasteiger partial charge in [0.1, 0.15) is 0 Å². The van der Waals surface area contributed by atoms with Crippen LogP contribution in [-0.4, -0.2) is 0 Å². The van der Waals surface area contributed by atoms with E-state index >= 15 is 0 Å². The molecule has 0 heteroatoms. The molecule has 0 aromatic heterocycles. The topological polar surface area (TPSA) is 0 Å². The molecule has 0 radical (unpaired) electrons. The van der Waals surface area contributed by atoms with Gasteiger partial charge < -0.3 is 0 Å². The highest BCUT2D eigenvalue weighted by molar-refractivity contribution is 5.45. The highest BCUT2D eigenvalue weighted by atomic mass is 14.5. The molecule has 12 aliphatic carbocycles. The quantitative estimate of drug-likeness (QED) is 0.232. The van der Waals surface area contributed by atoms with Gasteiger partial charge in [-0.2, -0.15) is 0 Å². The maximum atomic E-state index is 3.92. The maximum Gasteiger partial charge on any atom is 0.00484 e. The van der Waals surface area contributed by atoms with E-state index in [1.807, 2.05) is 0 Å². The average molecular weight is 637 g/mol. The third-order valence-corrected chi connectivity index (χ3v) is 13.3. The van der Waals surface area contributed by atoms with Crippen LogP contribution in [0.25, 0.3) is 0 Å². The van der Waals surface area contributed by atoms with Crippen molar-refractivity contribution in [1.29, 1.82) is 0 Å². The summed E-state index contributed by atoms with van der Waals surface area (Å²) < 4.78 is 0. The standard InChI is InChI=1S/6C8H10/c1-5-6(2)8-4-3-7(5)8;1-6-5-7-3-2-4-8(6)7;1-3-7-5-2-6-8(7)4-1;3*1-2-4-8-6-5-7(8)3-1/h7-8H,1-4H2;3,5,8H,2,4H2,1H3;1-3,6-8H,4-5H2;1,3,5-8H,2,4H2;1-2,5-8H,3-4H2;1-3,8H,4-6H2. The maximum absolute atomic E-state index is 3.92. The summed E-state index contributed by atoms with van der Waals surface area (Å²) in [6.07, 6.45) is 56.6. The van der Waals surface area contributed by atoms with E-state index in [1.165, 1.54) is 94.6 Å². The lowest BCUT2D eigenvalue weighted by Crippen LogP contribution is -2.39. The summed E-state index contributed by atoms with van der Waals surface area (Å²) in [7, 11) is 0. The molecule has 0 aliphatic heterocycles. The van der Waals surface area contributed by atoms with Crippen LogP contribution in [0.4, 0.5) is 0 Å². The lowest BCUT2D eigenvalue weighted by Gasteiger charge is -2.50. The minimum absolute atomic E-state index is 0.823. The first-order valence-electron chi connectivity index (χ1n) is 19.7. The van der Waals surface area contributed by atoms with Crippen LogP contribution in [0.5, 0.6) is 0 Å². The molecule has 0 aromatic carbocycles. The van der Waals surface area contributed by atoms with Gasteiger partial charge in [-0.05, 0) is 154 Å². The van der Waals surface area contributed by atoms with Crippen molar-refractivity contribution in [3.8, 4) is 0 Å². The molecule has 0 spiro atoms. The van der Waals surface area contributed by atoms with Gasteiger partial charge in [0.15, 0.2) is 0 Å². The summed E-state index contributed by atoms with van der Waals surface area (Å²) in [4.78, 5) is 0. The van der Waals surface area contributed by atoms with Crippen molar-refractivity contribution < 1.29 is 0 Å². The molecule has 12 rings (SSSR count). The van der Waals surface area contributed by atoms with Crippen LogP contribution in [0.1, 0.15) is 90.4 Å². The first kappa shape index (κ1) is 33.4. The Morgan fingerprint density at radius 1 is 0.562 bits per heavy atom. The van der Waals surface area contributed by atoms with Gasteiger partial charge in [0, 0.05) is 11.8 Å². The summed E-state index contributed by atoms with van der Waals surface area (Å²) in [6.45, 7) is 10.1. The van der Waals surface area contributed by atoms with E-state index in [2.05, 4.69) is 123 Å². The Bertz CT molecular complexity index is 1450. The highest BCUT2D eigenvalue weighted by Gasteiger charge is 2.44. The molecule has 10 unspecified atom stereocenters. The summed E-state index contributed by atoms with van der Waals surface area (Å²) in [5.41, 5.74) is 7.55. The van der Waals surface area contributed by atoms with Gasteiger partial charge in [0.25, 0.3) is 0 Å². The Balaban J connectivity index is 0.0000000911. The third kappa shape index (κ3) is 7.54. The zero-order chi connectivity index (χ0) is 32.9. The average Bonchev–Trinajstić information content (AvgIpc) is 3.78. The predicted octanol–water partition coefficient (Wildman–Crippen LogP) is 13.1. The Morgan fingerprint density at radius 3 is 1.56 bits per heavy atom. The van der Waals surface area contributed by atoms with Gasteiger partial charge >= 0.3 is 0 Å². The molecular formula is C48H60. The fourth-order valence-electron chi connectivity index (χ4n) is 9.28. The molecule has 48 heavy (non-hydrogen) atoms. The van der Waals surface area contributed by atoms with Crippen molar-refractivity contribution >= 4 is 0 Å². The number of rotatable bonds is 0. The SMILES string of the molecule is C1=CC2C=CC2CC1.C1=CC2CC=CC2C1.C1=CCC2C=CC2C1.C1=CCC2CCC2=C1.C=C1C(=C)C2CCC12.CC1=CC2=CCCC12. The van der Waals surface area contributed by atoms with Gasteiger partial charge in [-0.15, -0.1) is 0 Å². The van der Waals surface area contributed by atoms with Crippen LogP contribution in [0.2, 0.25) is 0 Å². The Hall–Kier alpha value is -3.12. The smallest absolute Gasteiger partial charge is 0.00484 e. The molecular weight excluding hydrogens is 577 g/mol. The Morgan fingerprint density at radius 2 is 1.21 bits per heavy atom. The van der Waals surface area contributed by atoms with Crippen LogP contribution >= 0.6 is 0 Å². The van der Waals surface area contributed by atoms with E-state index < -0.39 is 0 Å². The van der Waals surface area contributed by atoms with Crippen molar-refractivity contribution in [2.75, 3.05) is 0 Å². The minimum Gasteiger partial charge on any atom is -0.0953 e.